The molecule has 0 aliphatic rings. The molecule has 3 rings (SSSR count). The molecule has 1 aromatic heterocycles. The number of methoxy groups -OCH3 is 2. The molecular weight excluding hydrogens is 390 g/mol. The zero-order valence-electron chi connectivity index (χ0n) is 14.8. The summed E-state index contributed by atoms with van der Waals surface area (Å²) in [5.74, 6) is -1.88. The van der Waals surface area contributed by atoms with Gasteiger partial charge in [0.2, 0.25) is 5.76 Å². The van der Waals surface area contributed by atoms with Crippen molar-refractivity contribution in [2.45, 2.75) is 0 Å². The molecule has 0 atom stereocenters. The normalized spacial score (nSPS) is 11.2. The van der Waals surface area contributed by atoms with E-state index in [2.05, 4.69) is 15.0 Å². The fourth-order valence-corrected chi connectivity index (χ4v) is 2.41. The Morgan fingerprint density at radius 2 is 1.93 bits per heavy atom. The van der Waals surface area contributed by atoms with Gasteiger partial charge in [-0.05, 0) is 35.5 Å². The second kappa shape index (κ2) is 8.40. The van der Waals surface area contributed by atoms with Crippen molar-refractivity contribution in [3.63, 3.8) is 0 Å². The molecule has 0 unspecified atom stereocenters. The summed E-state index contributed by atoms with van der Waals surface area (Å²) in [5.41, 5.74) is 1.00. The van der Waals surface area contributed by atoms with E-state index >= 15 is 0 Å². The second-order valence-corrected chi connectivity index (χ2v) is 5.72. The Hall–Kier alpha value is -3.59. The SMILES string of the molecule is CO/C=C(/Oc1ccc(Cl)cc1C(=O)On1nnc2ccccc21)C(=O)OC. The Labute approximate surface area is 164 Å². The zero-order chi connectivity index (χ0) is 20.1. The van der Waals surface area contributed by atoms with Gasteiger partial charge in [0.1, 0.15) is 28.6 Å². The maximum Gasteiger partial charge on any atom is 0.377 e. The highest BCUT2D eigenvalue weighted by atomic mass is 35.5. The highest BCUT2D eigenvalue weighted by molar-refractivity contribution is 6.31. The number of carbonyl (C=O) groups excluding carboxylic acids is 2. The fourth-order valence-electron chi connectivity index (χ4n) is 2.23. The topological polar surface area (TPSA) is 102 Å². The van der Waals surface area contributed by atoms with E-state index in [4.69, 9.17) is 25.9 Å². The average Bonchev–Trinajstić information content (AvgIpc) is 3.11. The van der Waals surface area contributed by atoms with Gasteiger partial charge in [0, 0.05) is 5.02 Å². The first kappa shape index (κ1) is 19.2. The van der Waals surface area contributed by atoms with E-state index in [1.165, 1.54) is 32.4 Å². The van der Waals surface area contributed by atoms with E-state index < -0.39 is 11.9 Å². The van der Waals surface area contributed by atoms with Gasteiger partial charge >= 0.3 is 11.9 Å². The number of hydrogen-bond acceptors (Lipinski definition) is 8. The largest absolute Gasteiger partial charge is 0.500 e. The van der Waals surface area contributed by atoms with Crippen LogP contribution in [0.4, 0.5) is 0 Å². The summed E-state index contributed by atoms with van der Waals surface area (Å²) in [6.45, 7) is 0. The predicted molar refractivity (Wildman–Crippen MR) is 97.6 cm³/mol. The van der Waals surface area contributed by atoms with Gasteiger partial charge in [-0.25, -0.2) is 9.59 Å². The number of nitrogens with zero attached hydrogens (tertiary/aromatic N) is 3. The lowest BCUT2D eigenvalue weighted by molar-refractivity contribution is -0.138. The first-order valence-electron chi connectivity index (χ1n) is 7.85. The van der Waals surface area contributed by atoms with Crippen molar-refractivity contribution in [2.24, 2.45) is 0 Å². The number of carbonyl (C=O) groups is 2. The minimum absolute atomic E-state index is 0.00696. The van der Waals surface area contributed by atoms with Crippen molar-refractivity contribution in [1.29, 1.82) is 0 Å². The van der Waals surface area contributed by atoms with Gasteiger partial charge in [0.15, 0.2) is 0 Å². The Kier molecular flexibility index (Phi) is 5.75. The zero-order valence-corrected chi connectivity index (χ0v) is 15.5. The number of aromatic nitrogens is 3. The number of hydrogen-bond donors (Lipinski definition) is 0. The van der Waals surface area contributed by atoms with Crippen molar-refractivity contribution < 1.29 is 28.6 Å². The lowest BCUT2D eigenvalue weighted by Crippen LogP contribution is -2.22. The monoisotopic (exact) mass is 403 g/mol. The first-order valence-corrected chi connectivity index (χ1v) is 8.23. The third kappa shape index (κ3) is 4.04. The number of rotatable bonds is 6. The second-order valence-electron chi connectivity index (χ2n) is 5.28. The first-order chi connectivity index (χ1) is 13.5. The van der Waals surface area contributed by atoms with Gasteiger partial charge < -0.3 is 19.0 Å². The number of para-hydroxylation sites is 1. The maximum absolute atomic E-state index is 12.7. The molecule has 0 aliphatic carbocycles. The van der Waals surface area contributed by atoms with Gasteiger partial charge in [-0.3, -0.25) is 0 Å². The van der Waals surface area contributed by atoms with E-state index in [1.54, 1.807) is 24.3 Å². The summed E-state index contributed by atoms with van der Waals surface area (Å²) < 4.78 is 14.9. The number of benzene rings is 2. The van der Waals surface area contributed by atoms with Crippen molar-refractivity contribution in [3.8, 4) is 5.75 Å². The molecule has 0 saturated heterocycles. The molecule has 28 heavy (non-hydrogen) atoms. The molecular formula is C18H14ClN3O6. The number of fused-ring (bicyclic) bond motifs is 1. The van der Waals surface area contributed by atoms with Crippen LogP contribution in [0.25, 0.3) is 11.0 Å². The van der Waals surface area contributed by atoms with Crippen LogP contribution in [0.15, 0.2) is 54.5 Å². The van der Waals surface area contributed by atoms with Crippen molar-refractivity contribution in [1.82, 2.24) is 15.2 Å². The minimum Gasteiger partial charge on any atom is -0.500 e. The third-order valence-corrected chi connectivity index (χ3v) is 3.72. The van der Waals surface area contributed by atoms with Crippen LogP contribution in [-0.4, -0.2) is 41.3 Å². The van der Waals surface area contributed by atoms with Crippen LogP contribution in [0.1, 0.15) is 10.4 Å². The van der Waals surface area contributed by atoms with Gasteiger partial charge in [-0.2, -0.15) is 0 Å². The van der Waals surface area contributed by atoms with Crippen LogP contribution in [-0.2, 0) is 14.3 Å². The molecule has 2 aromatic carbocycles. The Bertz CT molecular complexity index is 1060. The van der Waals surface area contributed by atoms with Crippen LogP contribution in [0.5, 0.6) is 5.75 Å². The lowest BCUT2D eigenvalue weighted by Gasteiger charge is -2.12. The molecule has 3 aromatic rings. The van der Waals surface area contributed by atoms with Gasteiger partial charge in [0.25, 0.3) is 0 Å². The van der Waals surface area contributed by atoms with Crippen LogP contribution in [0, 0.1) is 0 Å². The average molecular weight is 404 g/mol. The van der Waals surface area contributed by atoms with Crippen LogP contribution < -0.4 is 9.57 Å². The summed E-state index contributed by atoms with van der Waals surface area (Å²) in [6, 6.07) is 11.2. The van der Waals surface area contributed by atoms with E-state index in [0.717, 1.165) is 11.1 Å². The van der Waals surface area contributed by atoms with Gasteiger partial charge in [0.05, 0.1) is 14.2 Å². The summed E-state index contributed by atoms with van der Waals surface area (Å²) in [7, 11) is 2.52. The lowest BCUT2D eigenvalue weighted by atomic mass is 10.2. The molecule has 0 aliphatic heterocycles. The predicted octanol–water partition coefficient (Wildman–Crippen LogP) is 2.39. The van der Waals surface area contributed by atoms with E-state index in [-0.39, 0.29) is 22.1 Å². The highest BCUT2D eigenvalue weighted by Gasteiger charge is 2.21. The highest BCUT2D eigenvalue weighted by Crippen LogP contribution is 2.25. The van der Waals surface area contributed by atoms with Crippen LogP contribution >= 0.6 is 11.6 Å². The smallest absolute Gasteiger partial charge is 0.377 e. The summed E-state index contributed by atoms with van der Waals surface area (Å²) >= 11 is 6.00. The van der Waals surface area contributed by atoms with Crippen LogP contribution in [0.2, 0.25) is 5.02 Å². The number of esters is 1. The number of ether oxygens (including phenoxy) is 3. The van der Waals surface area contributed by atoms with E-state index in [1.807, 2.05) is 0 Å². The number of halogens is 1. The molecule has 0 radical (unpaired) electrons. The molecule has 144 valence electrons. The molecule has 0 saturated carbocycles. The van der Waals surface area contributed by atoms with E-state index in [9.17, 15) is 9.59 Å². The quantitative estimate of drug-likeness (QED) is 0.267. The van der Waals surface area contributed by atoms with Gasteiger partial charge in [-0.1, -0.05) is 28.6 Å². The van der Waals surface area contributed by atoms with E-state index in [0.29, 0.717) is 11.0 Å². The fraction of sp³-hybridized carbons (Fsp3) is 0.111. The van der Waals surface area contributed by atoms with Crippen molar-refractivity contribution in [3.05, 3.63) is 65.1 Å². The Morgan fingerprint density at radius 1 is 1.14 bits per heavy atom. The van der Waals surface area contributed by atoms with Crippen molar-refractivity contribution in [2.75, 3.05) is 14.2 Å². The summed E-state index contributed by atoms with van der Waals surface area (Å²) in [6.07, 6.45) is 1.04. The molecule has 0 bridgehead atoms. The molecule has 9 nitrogen and oxygen atoms in total. The summed E-state index contributed by atoms with van der Waals surface area (Å²) in [4.78, 5) is 30.7. The molecule has 0 amide bonds. The Balaban J connectivity index is 1.92. The molecule has 0 N–H and O–H groups in total. The minimum atomic E-state index is -0.824. The summed E-state index contributed by atoms with van der Waals surface area (Å²) in [5, 5.41) is 7.96. The van der Waals surface area contributed by atoms with Crippen molar-refractivity contribution >= 4 is 34.6 Å². The maximum atomic E-state index is 12.7. The molecule has 1 heterocycles. The van der Waals surface area contributed by atoms with Gasteiger partial charge in [-0.15, -0.1) is 5.10 Å². The molecule has 0 spiro atoms. The standard InChI is InChI=1S/C18H14ClN3O6/c1-25-10-16(18(24)26-2)27-15-8-7-11(19)9-12(15)17(23)28-22-14-6-4-3-5-13(14)20-21-22/h3-10H,1-2H3/b16-10+. The third-order valence-electron chi connectivity index (χ3n) is 3.48. The Morgan fingerprint density at radius 3 is 2.68 bits per heavy atom. The molecule has 0 fully saturated rings. The van der Waals surface area contributed by atoms with Crippen LogP contribution in [0.3, 0.4) is 0 Å². The molecule has 10 heteroatoms.